The largest absolute Gasteiger partial charge is 0.392 e. The zero-order valence-corrected chi connectivity index (χ0v) is 8.14. The van der Waals surface area contributed by atoms with Gasteiger partial charge in [-0.25, -0.2) is 0 Å². The van der Waals surface area contributed by atoms with E-state index in [-0.39, 0.29) is 24.4 Å². The van der Waals surface area contributed by atoms with Gasteiger partial charge < -0.3 is 21.5 Å². The molecule has 0 aliphatic carbocycles. The highest BCUT2D eigenvalue weighted by atomic mass is 35.5. The van der Waals surface area contributed by atoms with Crippen molar-refractivity contribution in [1.29, 1.82) is 0 Å². The molecule has 2 atom stereocenters. The number of carbonyl (C=O) groups excluding carboxylic acids is 1. The van der Waals surface area contributed by atoms with Gasteiger partial charge in [-0.3, -0.25) is 4.79 Å². The normalized spacial score (nSPS) is 26.6. The first-order chi connectivity index (χ1) is 5.74. The van der Waals surface area contributed by atoms with Crippen LogP contribution in [-0.2, 0) is 4.79 Å². The summed E-state index contributed by atoms with van der Waals surface area (Å²) in [6.45, 7) is 1.44. The topological polar surface area (TPSA) is 87.4 Å². The Balaban J connectivity index is 0.00000144. The second-order valence-corrected chi connectivity index (χ2v) is 2.93. The lowest BCUT2D eigenvalue weighted by Crippen LogP contribution is -2.42. The summed E-state index contributed by atoms with van der Waals surface area (Å²) in [6, 6.07) is -0.244. The van der Waals surface area contributed by atoms with Gasteiger partial charge in [-0.15, -0.1) is 12.4 Å². The lowest BCUT2D eigenvalue weighted by Gasteiger charge is -2.09. The van der Waals surface area contributed by atoms with E-state index >= 15 is 0 Å². The Kier molecular flexibility index (Phi) is 5.98. The number of hydrogen-bond acceptors (Lipinski definition) is 4. The number of aliphatic hydroxyl groups is 1. The molecule has 0 aromatic rings. The number of carbonyl (C=O) groups is 1. The molecule has 0 aromatic heterocycles. The van der Waals surface area contributed by atoms with Gasteiger partial charge in [0.2, 0.25) is 5.91 Å². The van der Waals surface area contributed by atoms with Gasteiger partial charge in [-0.05, 0) is 6.42 Å². The lowest BCUT2D eigenvalue weighted by molar-refractivity contribution is -0.122. The highest BCUT2D eigenvalue weighted by molar-refractivity contribution is 5.85. The number of halogens is 1. The number of nitrogens with one attached hydrogen (secondary N) is 2. The number of nitrogens with two attached hydrogens (primary N) is 1. The number of rotatable bonds is 3. The second kappa shape index (κ2) is 6.15. The van der Waals surface area contributed by atoms with Gasteiger partial charge in [0.1, 0.15) is 0 Å². The molecule has 0 spiro atoms. The van der Waals surface area contributed by atoms with Crippen molar-refractivity contribution in [3.05, 3.63) is 0 Å². The Bertz CT molecular complexity index is 168. The van der Waals surface area contributed by atoms with Gasteiger partial charge in [0, 0.05) is 19.6 Å². The van der Waals surface area contributed by atoms with Crippen molar-refractivity contribution in [1.82, 2.24) is 10.6 Å². The maximum Gasteiger partial charge on any atom is 0.237 e. The first kappa shape index (κ1) is 12.6. The van der Waals surface area contributed by atoms with Crippen LogP contribution in [0.1, 0.15) is 6.42 Å². The summed E-state index contributed by atoms with van der Waals surface area (Å²) in [4.78, 5) is 11.2. The molecule has 1 aliphatic rings. The molecule has 1 heterocycles. The summed E-state index contributed by atoms with van der Waals surface area (Å²) >= 11 is 0. The maximum atomic E-state index is 11.2. The van der Waals surface area contributed by atoms with E-state index in [4.69, 9.17) is 10.8 Å². The molecule has 5 nitrogen and oxygen atoms in total. The molecular weight excluding hydrogens is 194 g/mol. The third kappa shape index (κ3) is 3.91. The second-order valence-electron chi connectivity index (χ2n) is 2.93. The molecule has 0 saturated carbocycles. The summed E-state index contributed by atoms with van der Waals surface area (Å²) in [6.07, 6.45) is 0.106. The van der Waals surface area contributed by atoms with Crippen LogP contribution in [0.2, 0.25) is 0 Å². The van der Waals surface area contributed by atoms with E-state index in [1.165, 1.54) is 0 Å². The lowest BCUT2D eigenvalue weighted by atomic mass is 10.2. The van der Waals surface area contributed by atoms with Gasteiger partial charge in [0.15, 0.2) is 0 Å². The maximum absolute atomic E-state index is 11.2. The molecule has 0 bridgehead atoms. The highest BCUT2D eigenvalue weighted by Gasteiger charge is 2.27. The van der Waals surface area contributed by atoms with Crippen molar-refractivity contribution in [2.45, 2.75) is 18.6 Å². The van der Waals surface area contributed by atoms with Crippen molar-refractivity contribution in [2.24, 2.45) is 5.73 Å². The monoisotopic (exact) mass is 209 g/mol. The van der Waals surface area contributed by atoms with Gasteiger partial charge in [0.25, 0.3) is 0 Å². The summed E-state index contributed by atoms with van der Waals surface area (Å²) in [5.74, 6) is -0.0722. The van der Waals surface area contributed by atoms with E-state index in [0.717, 1.165) is 0 Å². The molecule has 1 aliphatic heterocycles. The number of β-amino-alcohol motifs (C(OH)–C–C–N with tert-alkyl or cyclic N) is 1. The van der Waals surface area contributed by atoms with E-state index in [1.807, 2.05) is 0 Å². The van der Waals surface area contributed by atoms with Crippen LogP contribution in [0.5, 0.6) is 0 Å². The summed E-state index contributed by atoms with van der Waals surface area (Å²) in [5.41, 5.74) is 5.22. The van der Waals surface area contributed by atoms with Crippen LogP contribution in [0.4, 0.5) is 0 Å². The first-order valence-corrected chi connectivity index (χ1v) is 4.13. The van der Waals surface area contributed by atoms with Crippen LogP contribution < -0.4 is 16.4 Å². The third-order valence-electron chi connectivity index (χ3n) is 1.87. The number of aliphatic hydroxyl groups excluding tert-OH is 1. The van der Waals surface area contributed by atoms with Crippen molar-refractivity contribution >= 4 is 18.3 Å². The molecule has 1 fully saturated rings. The van der Waals surface area contributed by atoms with Crippen molar-refractivity contribution < 1.29 is 9.90 Å². The van der Waals surface area contributed by atoms with Crippen LogP contribution >= 0.6 is 12.4 Å². The van der Waals surface area contributed by atoms with Gasteiger partial charge in [-0.2, -0.15) is 0 Å². The third-order valence-corrected chi connectivity index (χ3v) is 1.87. The van der Waals surface area contributed by atoms with Crippen LogP contribution in [0.25, 0.3) is 0 Å². The van der Waals surface area contributed by atoms with E-state index < -0.39 is 6.10 Å². The zero-order valence-electron chi connectivity index (χ0n) is 7.32. The molecule has 0 radical (unpaired) electrons. The fourth-order valence-electron chi connectivity index (χ4n) is 1.24. The van der Waals surface area contributed by atoms with Crippen LogP contribution in [-0.4, -0.2) is 42.8 Å². The number of amides is 1. The predicted octanol–water partition coefficient (Wildman–Crippen LogP) is -1.79. The van der Waals surface area contributed by atoms with Crippen LogP contribution in [0, 0.1) is 0 Å². The minimum absolute atomic E-state index is 0. The molecule has 0 unspecified atom stereocenters. The van der Waals surface area contributed by atoms with E-state index in [1.54, 1.807) is 0 Å². The Morgan fingerprint density at radius 1 is 1.69 bits per heavy atom. The SMILES string of the molecule is Cl.NCCNC(=O)[C@H]1C[C@@H](O)CN1. The average molecular weight is 210 g/mol. The van der Waals surface area contributed by atoms with Crippen molar-refractivity contribution in [3.63, 3.8) is 0 Å². The van der Waals surface area contributed by atoms with Gasteiger partial charge in [0.05, 0.1) is 12.1 Å². The van der Waals surface area contributed by atoms with E-state index in [2.05, 4.69) is 10.6 Å². The molecule has 6 heteroatoms. The van der Waals surface area contributed by atoms with E-state index in [0.29, 0.717) is 26.1 Å². The Morgan fingerprint density at radius 3 is 2.85 bits per heavy atom. The molecule has 1 amide bonds. The Labute approximate surface area is 83.5 Å². The predicted molar refractivity (Wildman–Crippen MR) is 51.7 cm³/mol. The van der Waals surface area contributed by atoms with Crippen LogP contribution in [0.15, 0.2) is 0 Å². The molecule has 0 aromatic carbocycles. The highest BCUT2D eigenvalue weighted by Crippen LogP contribution is 2.05. The zero-order chi connectivity index (χ0) is 8.97. The molecule has 1 rings (SSSR count). The first-order valence-electron chi connectivity index (χ1n) is 4.13. The molecule has 78 valence electrons. The standard InChI is InChI=1S/C7H15N3O2.ClH/c8-1-2-9-7(12)6-3-5(11)4-10-6;/h5-6,10-11H,1-4,8H2,(H,9,12);1H/t5-,6-;/m1./s1. The van der Waals surface area contributed by atoms with Crippen molar-refractivity contribution in [3.8, 4) is 0 Å². The average Bonchev–Trinajstić information content (AvgIpc) is 2.47. The van der Waals surface area contributed by atoms with Crippen molar-refractivity contribution in [2.75, 3.05) is 19.6 Å². The number of hydrogen-bond donors (Lipinski definition) is 4. The summed E-state index contributed by atoms with van der Waals surface area (Å²) in [7, 11) is 0. The van der Waals surface area contributed by atoms with Crippen LogP contribution in [0.3, 0.4) is 0 Å². The Hall–Kier alpha value is -0.360. The fourth-order valence-corrected chi connectivity index (χ4v) is 1.24. The molecule has 13 heavy (non-hydrogen) atoms. The molecular formula is C7H16ClN3O2. The molecule has 1 saturated heterocycles. The fraction of sp³-hybridized carbons (Fsp3) is 0.857. The Morgan fingerprint density at radius 2 is 2.38 bits per heavy atom. The van der Waals surface area contributed by atoms with Gasteiger partial charge in [-0.1, -0.05) is 0 Å². The summed E-state index contributed by atoms with van der Waals surface area (Å²) < 4.78 is 0. The van der Waals surface area contributed by atoms with E-state index in [9.17, 15) is 4.79 Å². The molecule has 5 N–H and O–H groups in total. The quantitative estimate of drug-likeness (QED) is 0.442. The summed E-state index contributed by atoms with van der Waals surface area (Å²) in [5, 5.41) is 14.7. The minimum Gasteiger partial charge on any atom is -0.392 e. The smallest absolute Gasteiger partial charge is 0.237 e. The van der Waals surface area contributed by atoms with Gasteiger partial charge >= 0.3 is 0 Å². The minimum atomic E-state index is -0.390.